The van der Waals surface area contributed by atoms with Gasteiger partial charge in [-0.15, -0.1) is 0 Å². The van der Waals surface area contributed by atoms with Gasteiger partial charge in [0.25, 0.3) is 0 Å². The van der Waals surface area contributed by atoms with Crippen LogP contribution >= 0.6 is 0 Å². The second-order valence-electron chi connectivity index (χ2n) is 3.70. The van der Waals surface area contributed by atoms with E-state index in [4.69, 9.17) is 5.73 Å². The van der Waals surface area contributed by atoms with E-state index in [0.717, 1.165) is 0 Å². The van der Waals surface area contributed by atoms with Crippen LogP contribution in [0.5, 0.6) is 0 Å². The Morgan fingerprint density at radius 1 is 0.941 bits per heavy atom. The summed E-state index contributed by atoms with van der Waals surface area (Å²) in [5.41, 5.74) is 5.02. The normalized spacial score (nSPS) is 13.9. The molecule has 0 heterocycles. The highest BCUT2D eigenvalue weighted by atomic mass is 19.4. The molecule has 0 saturated carbocycles. The highest BCUT2D eigenvalue weighted by Crippen LogP contribution is 2.34. The van der Waals surface area contributed by atoms with Gasteiger partial charge in [0.1, 0.15) is 11.9 Å². The van der Waals surface area contributed by atoms with Gasteiger partial charge in [0, 0.05) is 5.39 Å². The predicted molar refractivity (Wildman–Crippen MR) is 56.9 cm³/mol. The van der Waals surface area contributed by atoms with Crippen LogP contribution in [0.3, 0.4) is 0 Å². The summed E-state index contributed by atoms with van der Waals surface area (Å²) >= 11 is 0. The van der Waals surface area contributed by atoms with Crippen molar-refractivity contribution in [2.24, 2.45) is 5.73 Å². The second-order valence-corrected chi connectivity index (χ2v) is 3.70. The van der Waals surface area contributed by atoms with Gasteiger partial charge in [-0.3, -0.25) is 0 Å². The van der Waals surface area contributed by atoms with Crippen molar-refractivity contribution >= 4 is 10.8 Å². The lowest BCUT2D eigenvalue weighted by Gasteiger charge is -2.17. The van der Waals surface area contributed by atoms with Gasteiger partial charge in [0.2, 0.25) is 0 Å². The van der Waals surface area contributed by atoms with E-state index in [2.05, 4.69) is 0 Å². The van der Waals surface area contributed by atoms with Crippen LogP contribution in [-0.4, -0.2) is 6.18 Å². The first kappa shape index (κ1) is 11.9. The summed E-state index contributed by atoms with van der Waals surface area (Å²) in [5.74, 6) is -0.557. The van der Waals surface area contributed by atoms with E-state index in [1.807, 2.05) is 0 Å². The molecule has 0 aromatic heterocycles. The summed E-state index contributed by atoms with van der Waals surface area (Å²) in [6.45, 7) is 0. The van der Waals surface area contributed by atoms with Gasteiger partial charge in [0.15, 0.2) is 0 Å². The first-order chi connectivity index (χ1) is 7.91. The molecule has 0 fully saturated rings. The SMILES string of the molecule is N[C@@H](c1cccc2c(F)cccc12)C(F)(F)F. The van der Waals surface area contributed by atoms with Gasteiger partial charge in [-0.2, -0.15) is 13.2 Å². The van der Waals surface area contributed by atoms with Crippen molar-refractivity contribution in [3.05, 3.63) is 47.8 Å². The lowest BCUT2D eigenvalue weighted by atomic mass is 9.99. The van der Waals surface area contributed by atoms with Crippen LogP contribution in [0.25, 0.3) is 10.8 Å². The van der Waals surface area contributed by atoms with E-state index in [-0.39, 0.29) is 16.3 Å². The Balaban J connectivity index is 2.67. The van der Waals surface area contributed by atoms with Gasteiger partial charge < -0.3 is 5.73 Å². The smallest absolute Gasteiger partial charge is 0.316 e. The molecule has 2 rings (SSSR count). The van der Waals surface area contributed by atoms with E-state index in [9.17, 15) is 17.6 Å². The second kappa shape index (κ2) is 4.00. The van der Waals surface area contributed by atoms with E-state index in [1.165, 1.54) is 36.4 Å². The fourth-order valence-corrected chi connectivity index (χ4v) is 1.74. The Labute approximate surface area is 94.8 Å². The summed E-state index contributed by atoms with van der Waals surface area (Å²) in [7, 11) is 0. The zero-order chi connectivity index (χ0) is 12.6. The Morgan fingerprint density at radius 3 is 2.18 bits per heavy atom. The maximum Gasteiger partial charge on any atom is 0.407 e. The van der Waals surface area contributed by atoms with Crippen molar-refractivity contribution in [1.29, 1.82) is 0 Å². The molecule has 0 aliphatic heterocycles. The maximum atomic E-state index is 13.4. The third-order valence-electron chi connectivity index (χ3n) is 2.59. The molecule has 90 valence electrons. The molecule has 2 aromatic carbocycles. The van der Waals surface area contributed by atoms with E-state index in [1.54, 1.807) is 0 Å². The number of rotatable bonds is 1. The quantitative estimate of drug-likeness (QED) is 0.761. The van der Waals surface area contributed by atoms with Crippen LogP contribution in [0.15, 0.2) is 36.4 Å². The Hall–Kier alpha value is -1.62. The number of alkyl halides is 3. The fraction of sp³-hybridized carbons (Fsp3) is 0.167. The number of fused-ring (bicyclic) bond motifs is 1. The highest BCUT2D eigenvalue weighted by molar-refractivity contribution is 5.86. The highest BCUT2D eigenvalue weighted by Gasteiger charge is 2.38. The minimum atomic E-state index is -4.54. The summed E-state index contributed by atoms with van der Waals surface area (Å²) in [6.07, 6.45) is -4.54. The third kappa shape index (κ3) is 2.10. The molecule has 1 atom stereocenters. The van der Waals surface area contributed by atoms with Crippen LogP contribution in [0.2, 0.25) is 0 Å². The number of nitrogens with two attached hydrogens (primary N) is 1. The standard InChI is InChI=1S/C12H9F4N/c13-10-6-2-3-7-8(10)4-1-5-9(7)11(17)12(14,15)16/h1-6,11H,17H2/t11-/m0/s1. The first-order valence-electron chi connectivity index (χ1n) is 4.90. The molecule has 0 unspecified atom stereocenters. The fourth-order valence-electron chi connectivity index (χ4n) is 1.74. The minimum Gasteiger partial charge on any atom is -0.316 e. The summed E-state index contributed by atoms with van der Waals surface area (Å²) in [5, 5.41) is 0.335. The predicted octanol–water partition coefficient (Wildman–Crippen LogP) is 3.54. The zero-order valence-corrected chi connectivity index (χ0v) is 8.63. The monoisotopic (exact) mass is 243 g/mol. The van der Waals surface area contributed by atoms with Gasteiger partial charge in [-0.05, 0) is 17.0 Å². The summed E-state index contributed by atoms with van der Waals surface area (Å²) < 4.78 is 51.0. The lowest BCUT2D eigenvalue weighted by Crippen LogP contribution is -2.28. The Kier molecular flexibility index (Phi) is 2.79. The molecular weight excluding hydrogens is 234 g/mol. The van der Waals surface area contributed by atoms with Crippen LogP contribution in [0, 0.1) is 5.82 Å². The molecule has 0 spiro atoms. The molecule has 5 heteroatoms. The summed E-state index contributed by atoms with van der Waals surface area (Å²) in [4.78, 5) is 0. The first-order valence-corrected chi connectivity index (χ1v) is 4.90. The number of benzene rings is 2. The van der Waals surface area contributed by atoms with Crippen LogP contribution in [0.1, 0.15) is 11.6 Å². The molecule has 2 N–H and O–H groups in total. The average molecular weight is 243 g/mol. The lowest BCUT2D eigenvalue weighted by molar-refractivity contribution is -0.148. The van der Waals surface area contributed by atoms with Crippen molar-refractivity contribution in [3.8, 4) is 0 Å². The number of hydrogen-bond acceptors (Lipinski definition) is 1. The molecular formula is C12H9F4N. The van der Waals surface area contributed by atoms with Crippen LogP contribution in [-0.2, 0) is 0 Å². The molecule has 0 aliphatic carbocycles. The molecule has 0 aliphatic rings. The molecule has 17 heavy (non-hydrogen) atoms. The van der Waals surface area contributed by atoms with E-state index >= 15 is 0 Å². The molecule has 0 amide bonds. The largest absolute Gasteiger partial charge is 0.407 e. The molecule has 0 bridgehead atoms. The topological polar surface area (TPSA) is 26.0 Å². The van der Waals surface area contributed by atoms with Gasteiger partial charge in [-0.1, -0.05) is 30.3 Å². The zero-order valence-electron chi connectivity index (χ0n) is 8.63. The van der Waals surface area contributed by atoms with Crippen molar-refractivity contribution in [3.63, 3.8) is 0 Å². The number of halogens is 4. The Bertz CT molecular complexity index is 548. The van der Waals surface area contributed by atoms with E-state index in [0.29, 0.717) is 0 Å². The van der Waals surface area contributed by atoms with Crippen molar-refractivity contribution in [1.82, 2.24) is 0 Å². The van der Waals surface area contributed by atoms with Gasteiger partial charge in [0.05, 0.1) is 0 Å². The number of hydrogen-bond donors (Lipinski definition) is 1. The molecule has 0 saturated heterocycles. The van der Waals surface area contributed by atoms with Gasteiger partial charge in [-0.25, -0.2) is 4.39 Å². The van der Waals surface area contributed by atoms with Crippen LogP contribution < -0.4 is 5.73 Å². The van der Waals surface area contributed by atoms with Crippen LogP contribution in [0.4, 0.5) is 17.6 Å². The Morgan fingerprint density at radius 2 is 1.53 bits per heavy atom. The van der Waals surface area contributed by atoms with Gasteiger partial charge >= 0.3 is 6.18 Å². The molecule has 2 aromatic rings. The maximum absolute atomic E-state index is 13.4. The van der Waals surface area contributed by atoms with Crippen molar-refractivity contribution < 1.29 is 17.6 Å². The minimum absolute atomic E-state index is 0.116. The van der Waals surface area contributed by atoms with Crippen molar-refractivity contribution in [2.45, 2.75) is 12.2 Å². The third-order valence-corrected chi connectivity index (χ3v) is 2.59. The van der Waals surface area contributed by atoms with Crippen molar-refractivity contribution in [2.75, 3.05) is 0 Å². The molecule has 0 radical (unpaired) electrons. The van der Waals surface area contributed by atoms with E-state index < -0.39 is 18.0 Å². The summed E-state index contributed by atoms with van der Waals surface area (Å²) in [6, 6.07) is 5.95. The average Bonchev–Trinajstić information content (AvgIpc) is 2.27. The molecule has 1 nitrogen and oxygen atoms in total.